The van der Waals surface area contributed by atoms with E-state index in [0.717, 1.165) is 11.1 Å². The Morgan fingerprint density at radius 2 is 1.94 bits per heavy atom. The first-order valence-corrected chi connectivity index (χ1v) is 11.3. The van der Waals surface area contributed by atoms with E-state index in [0.29, 0.717) is 31.0 Å². The van der Waals surface area contributed by atoms with Gasteiger partial charge in [-0.1, -0.05) is 58.0 Å². The zero-order valence-corrected chi connectivity index (χ0v) is 19.6. The van der Waals surface area contributed by atoms with Gasteiger partial charge in [0.15, 0.2) is 0 Å². The second-order valence-electron chi connectivity index (χ2n) is 9.85. The summed E-state index contributed by atoms with van der Waals surface area (Å²) in [7, 11) is 0. The lowest BCUT2D eigenvalue weighted by Gasteiger charge is -2.50. The highest BCUT2D eigenvalue weighted by molar-refractivity contribution is 5.79. The number of carbonyl (C=O) groups excluding carboxylic acids is 1. The van der Waals surface area contributed by atoms with E-state index in [2.05, 4.69) is 4.98 Å². The maximum atomic E-state index is 13.2. The molecule has 1 N–H and O–H groups in total. The molecule has 174 valence electrons. The second kappa shape index (κ2) is 8.63. The van der Waals surface area contributed by atoms with Gasteiger partial charge < -0.3 is 19.0 Å². The van der Waals surface area contributed by atoms with Crippen LogP contribution in [-0.4, -0.2) is 44.2 Å². The number of hydrogen-bond acceptors (Lipinski definition) is 5. The van der Waals surface area contributed by atoms with Crippen LogP contribution in [0.4, 0.5) is 0 Å². The Morgan fingerprint density at radius 1 is 1.21 bits per heavy atom. The number of aliphatic hydroxyl groups is 1. The molecule has 0 spiro atoms. The fourth-order valence-electron chi connectivity index (χ4n) is 4.57. The molecule has 3 heterocycles. The molecule has 1 unspecified atom stereocenters. The summed E-state index contributed by atoms with van der Waals surface area (Å²) in [6.07, 6.45) is 5.17. The average molecular weight is 450 g/mol. The lowest BCUT2D eigenvalue weighted by atomic mass is 9.69. The summed E-state index contributed by atoms with van der Waals surface area (Å²) in [4.78, 5) is 31.8. The van der Waals surface area contributed by atoms with E-state index in [-0.39, 0.29) is 23.9 Å². The molecule has 1 amide bonds. The minimum Gasteiger partial charge on any atom is -0.444 e. The van der Waals surface area contributed by atoms with E-state index in [1.807, 2.05) is 62.9 Å². The predicted octanol–water partition coefficient (Wildman–Crippen LogP) is 3.82. The fourth-order valence-corrected chi connectivity index (χ4v) is 4.57. The van der Waals surface area contributed by atoms with Gasteiger partial charge in [0, 0.05) is 42.2 Å². The van der Waals surface area contributed by atoms with Crippen LogP contribution in [0.15, 0.2) is 64.3 Å². The van der Waals surface area contributed by atoms with Gasteiger partial charge in [0.2, 0.25) is 11.8 Å². The lowest BCUT2D eigenvalue weighted by molar-refractivity contribution is -0.156. The Kier molecular flexibility index (Phi) is 6.01. The molecule has 1 aromatic carbocycles. The Balaban J connectivity index is 1.71. The number of carbonyl (C=O) groups is 1. The first-order chi connectivity index (χ1) is 15.6. The number of nitrogens with zero attached hydrogens (tertiary/aromatic N) is 3. The third kappa shape index (κ3) is 4.37. The number of pyridine rings is 1. The van der Waals surface area contributed by atoms with E-state index < -0.39 is 11.0 Å². The van der Waals surface area contributed by atoms with Crippen LogP contribution in [0.25, 0.3) is 22.6 Å². The molecule has 0 aliphatic carbocycles. The van der Waals surface area contributed by atoms with E-state index in [4.69, 9.17) is 4.42 Å². The molecule has 1 fully saturated rings. The van der Waals surface area contributed by atoms with Crippen molar-refractivity contribution in [3.05, 3.63) is 65.4 Å². The molecular formula is C26H31N3O4. The van der Waals surface area contributed by atoms with Crippen LogP contribution in [-0.2, 0) is 11.3 Å². The smallest absolute Gasteiger partial charge is 0.251 e. The van der Waals surface area contributed by atoms with Crippen molar-refractivity contribution in [2.75, 3.05) is 13.1 Å². The summed E-state index contributed by atoms with van der Waals surface area (Å²) in [6, 6.07) is 11.2. The van der Waals surface area contributed by atoms with Crippen molar-refractivity contribution in [3.63, 3.8) is 0 Å². The predicted molar refractivity (Wildman–Crippen MR) is 126 cm³/mol. The van der Waals surface area contributed by atoms with E-state index in [1.165, 1.54) is 10.8 Å². The fraction of sp³-hybridized carbons (Fsp3) is 0.423. The van der Waals surface area contributed by atoms with Crippen molar-refractivity contribution in [1.29, 1.82) is 0 Å². The number of piperidine rings is 1. The zero-order valence-electron chi connectivity index (χ0n) is 19.6. The molecule has 3 aromatic rings. The molecule has 1 aliphatic heterocycles. The van der Waals surface area contributed by atoms with Gasteiger partial charge in [0.05, 0.1) is 23.9 Å². The standard InChI is InChI=1S/C26H31N3O4/c1-18(2)24(31)28-12-10-26(32,25(3,4)16-28)17-29-15-21(23-27-11-13-33-23)20(14-22(29)30)19-8-6-5-7-9-19/h5-9,11,13-15,18,32H,10,12,16-17H2,1-4H3. The van der Waals surface area contributed by atoms with Crippen molar-refractivity contribution in [1.82, 2.24) is 14.5 Å². The first-order valence-electron chi connectivity index (χ1n) is 11.3. The molecule has 0 bridgehead atoms. The normalized spacial score (nSPS) is 20.2. The van der Waals surface area contributed by atoms with Crippen LogP contribution in [0, 0.1) is 11.3 Å². The first kappa shape index (κ1) is 23.0. The average Bonchev–Trinajstić information content (AvgIpc) is 3.32. The Morgan fingerprint density at radius 3 is 2.55 bits per heavy atom. The van der Waals surface area contributed by atoms with E-state index >= 15 is 0 Å². The molecule has 0 radical (unpaired) electrons. The number of benzene rings is 1. The Bertz CT molecular complexity index is 1180. The highest BCUT2D eigenvalue weighted by atomic mass is 16.3. The molecular weight excluding hydrogens is 418 g/mol. The minimum atomic E-state index is -1.16. The van der Waals surface area contributed by atoms with Crippen LogP contribution in [0.3, 0.4) is 0 Å². The molecule has 4 rings (SSSR count). The zero-order chi connectivity index (χ0) is 23.8. The molecule has 7 heteroatoms. The molecule has 1 aliphatic rings. The molecule has 2 aromatic heterocycles. The number of amides is 1. The highest BCUT2D eigenvalue weighted by Crippen LogP contribution is 2.40. The maximum absolute atomic E-state index is 13.2. The largest absolute Gasteiger partial charge is 0.444 e. The number of likely N-dealkylation sites (tertiary alicyclic amines) is 1. The highest BCUT2D eigenvalue weighted by Gasteiger charge is 2.49. The van der Waals surface area contributed by atoms with Gasteiger partial charge in [-0.2, -0.15) is 0 Å². The topological polar surface area (TPSA) is 88.6 Å². The van der Waals surface area contributed by atoms with Crippen LogP contribution in [0.5, 0.6) is 0 Å². The monoisotopic (exact) mass is 449 g/mol. The molecule has 1 atom stereocenters. The van der Waals surface area contributed by atoms with Crippen molar-refractivity contribution < 1.29 is 14.3 Å². The third-order valence-electron chi connectivity index (χ3n) is 6.75. The number of oxazole rings is 1. The second-order valence-corrected chi connectivity index (χ2v) is 9.85. The van der Waals surface area contributed by atoms with Gasteiger partial charge >= 0.3 is 0 Å². The van der Waals surface area contributed by atoms with Gasteiger partial charge in [0.1, 0.15) is 6.26 Å². The van der Waals surface area contributed by atoms with Gasteiger partial charge in [0.25, 0.3) is 5.56 Å². The van der Waals surface area contributed by atoms with Crippen molar-refractivity contribution in [2.45, 2.75) is 46.3 Å². The van der Waals surface area contributed by atoms with Crippen molar-refractivity contribution in [2.24, 2.45) is 11.3 Å². The van der Waals surface area contributed by atoms with Crippen molar-refractivity contribution in [3.8, 4) is 22.6 Å². The number of rotatable bonds is 5. The number of aromatic nitrogens is 2. The Labute approximate surface area is 193 Å². The summed E-state index contributed by atoms with van der Waals surface area (Å²) in [5, 5.41) is 11.7. The van der Waals surface area contributed by atoms with Gasteiger partial charge in [-0.05, 0) is 12.0 Å². The van der Waals surface area contributed by atoms with Crippen LogP contribution in [0.2, 0.25) is 0 Å². The summed E-state index contributed by atoms with van der Waals surface area (Å²) in [5.41, 5.74) is 0.314. The molecule has 7 nitrogen and oxygen atoms in total. The van der Waals surface area contributed by atoms with Gasteiger partial charge in [-0.3, -0.25) is 9.59 Å². The summed E-state index contributed by atoms with van der Waals surface area (Å²) >= 11 is 0. The number of hydrogen-bond donors (Lipinski definition) is 1. The van der Waals surface area contributed by atoms with Crippen LogP contribution >= 0.6 is 0 Å². The van der Waals surface area contributed by atoms with Gasteiger partial charge in [-0.15, -0.1) is 0 Å². The van der Waals surface area contributed by atoms with E-state index in [1.54, 1.807) is 18.5 Å². The molecule has 0 saturated carbocycles. The van der Waals surface area contributed by atoms with Crippen molar-refractivity contribution >= 4 is 5.91 Å². The van der Waals surface area contributed by atoms with Crippen LogP contribution < -0.4 is 5.56 Å². The Hall–Kier alpha value is -3.19. The minimum absolute atomic E-state index is 0.0840. The summed E-state index contributed by atoms with van der Waals surface area (Å²) in [6.45, 7) is 8.67. The summed E-state index contributed by atoms with van der Waals surface area (Å²) in [5.74, 6) is 0.399. The quantitative estimate of drug-likeness (QED) is 0.640. The lowest BCUT2D eigenvalue weighted by Crippen LogP contribution is -2.61. The molecule has 33 heavy (non-hydrogen) atoms. The summed E-state index contributed by atoms with van der Waals surface area (Å²) < 4.78 is 7.10. The maximum Gasteiger partial charge on any atom is 0.251 e. The SMILES string of the molecule is CC(C)C(=O)N1CCC(O)(Cn2cc(-c3ncco3)c(-c3ccccc3)cc2=O)C(C)(C)C1. The third-order valence-corrected chi connectivity index (χ3v) is 6.75. The van der Waals surface area contributed by atoms with Crippen LogP contribution in [0.1, 0.15) is 34.1 Å². The van der Waals surface area contributed by atoms with E-state index in [9.17, 15) is 14.7 Å². The molecule has 1 saturated heterocycles. The van der Waals surface area contributed by atoms with Gasteiger partial charge in [-0.25, -0.2) is 4.98 Å².